The number of methoxy groups -OCH3 is 1. The summed E-state index contributed by atoms with van der Waals surface area (Å²) < 4.78 is 35.2. The van der Waals surface area contributed by atoms with Crippen molar-refractivity contribution in [2.75, 3.05) is 39.9 Å². The first-order valence-corrected chi connectivity index (χ1v) is 15.3. The van der Waals surface area contributed by atoms with Crippen LogP contribution < -0.4 is 5.32 Å². The fraction of sp³-hybridized carbons (Fsp3) is 0.567. The monoisotopic (exact) mass is 558 g/mol. The van der Waals surface area contributed by atoms with E-state index in [0.29, 0.717) is 12.0 Å². The smallest absolute Gasteiger partial charge is 0.310 e. The molecule has 2 aliphatic carbocycles. The minimum absolute atomic E-state index is 0.0666. The Morgan fingerprint density at radius 1 is 1.05 bits per heavy atom. The van der Waals surface area contributed by atoms with Crippen LogP contribution >= 0.6 is 0 Å². The van der Waals surface area contributed by atoms with E-state index in [1.54, 1.807) is 19.2 Å². The highest BCUT2D eigenvalue weighted by Gasteiger charge is 2.47. The molecule has 0 aromatic heterocycles. The number of carboxylic acid groups (broad SMARTS) is 1. The summed E-state index contributed by atoms with van der Waals surface area (Å²) in [6, 6.07) is 17.4. The van der Waals surface area contributed by atoms with E-state index < -0.39 is 21.5 Å². The number of nitrogens with one attached hydrogen (secondary N) is 1. The molecule has 5 rings (SSSR count). The van der Waals surface area contributed by atoms with Crippen LogP contribution in [-0.2, 0) is 19.6 Å². The van der Waals surface area contributed by atoms with Gasteiger partial charge in [-0.05, 0) is 69.8 Å². The van der Waals surface area contributed by atoms with Gasteiger partial charge in [0.25, 0.3) is 10.1 Å². The summed E-state index contributed by atoms with van der Waals surface area (Å²) in [5.74, 6) is 0.0461. The Hall–Kier alpha value is -2.30. The molecule has 1 aliphatic heterocycles. The number of carboxylic acids is 1. The number of aryl methyl sites for hydroxylation is 1. The van der Waals surface area contributed by atoms with Crippen LogP contribution in [0.1, 0.15) is 55.6 Å². The van der Waals surface area contributed by atoms with Crippen LogP contribution in [0.3, 0.4) is 0 Å². The topological polar surface area (TPSA) is 116 Å². The molecule has 2 aromatic carbocycles. The van der Waals surface area contributed by atoms with Gasteiger partial charge in [0.15, 0.2) is 0 Å². The maximum Gasteiger partial charge on any atom is 0.310 e. The number of benzene rings is 2. The van der Waals surface area contributed by atoms with Gasteiger partial charge >= 0.3 is 5.97 Å². The molecule has 3 N–H and O–H groups in total. The minimum Gasteiger partial charge on any atom is -0.481 e. The fourth-order valence-electron chi connectivity index (χ4n) is 5.88. The van der Waals surface area contributed by atoms with E-state index in [9.17, 15) is 18.3 Å². The number of hydrogen-bond acceptors (Lipinski definition) is 6. The molecule has 0 radical (unpaired) electrons. The highest BCUT2D eigenvalue weighted by atomic mass is 32.2. The third-order valence-corrected chi connectivity index (χ3v) is 9.60. The van der Waals surface area contributed by atoms with Crippen LogP contribution in [0.2, 0.25) is 0 Å². The molecule has 1 saturated heterocycles. The Kier molecular flexibility index (Phi) is 9.49. The Bertz CT molecular complexity index is 1190. The minimum atomic E-state index is -4.02. The van der Waals surface area contributed by atoms with Gasteiger partial charge in [-0.15, -0.1) is 0 Å². The number of likely N-dealkylation sites (tertiary alicyclic amines) is 1. The first-order valence-electron chi connectivity index (χ1n) is 13.8. The predicted octanol–water partition coefficient (Wildman–Crippen LogP) is 4.36. The first-order chi connectivity index (χ1) is 18.6. The molecular weight excluding hydrogens is 516 g/mol. The lowest BCUT2D eigenvalue weighted by Gasteiger charge is -2.46. The third kappa shape index (κ3) is 7.67. The van der Waals surface area contributed by atoms with E-state index in [1.807, 2.05) is 6.92 Å². The van der Waals surface area contributed by atoms with Gasteiger partial charge in [0.05, 0.1) is 16.9 Å². The van der Waals surface area contributed by atoms with Crippen molar-refractivity contribution in [3.05, 3.63) is 65.7 Å². The zero-order valence-electron chi connectivity index (χ0n) is 23.0. The van der Waals surface area contributed by atoms with Crippen molar-refractivity contribution >= 4 is 16.1 Å². The lowest BCUT2D eigenvalue weighted by Crippen LogP contribution is -2.53. The average molecular weight is 559 g/mol. The van der Waals surface area contributed by atoms with Crippen LogP contribution in [-0.4, -0.2) is 74.9 Å². The van der Waals surface area contributed by atoms with Gasteiger partial charge in [0, 0.05) is 37.6 Å². The normalized spacial score (nSPS) is 23.7. The van der Waals surface area contributed by atoms with Gasteiger partial charge in [0.2, 0.25) is 0 Å². The summed E-state index contributed by atoms with van der Waals surface area (Å²) >= 11 is 0. The van der Waals surface area contributed by atoms with Crippen molar-refractivity contribution in [2.24, 2.45) is 10.8 Å². The maximum atomic E-state index is 11.7. The summed E-state index contributed by atoms with van der Waals surface area (Å²) in [6.07, 6.45) is 6.11. The number of aliphatic carboxylic acids is 1. The van der Waals surface area contributed by atoms with E-state index in [4.69, 9.17) is 9.29 Å². The second-order valence-corrected chi connectivity index (χ2v) is 13.1. The summed E-state index contributed by atoms with van der Waals surface area (Å²) in [4.78, 5) is 14.0. The van der Waals surface area contributed by atoms with E-state index in [2.05, 4.69) is 40.5 Å². The molecule has 2 atom stereocenters. The Labute approximate surface area is 232 Å². The van der Waals surface area contributed by atoms with Crippen molar-refractivity contribution < 1.29 is 27.6 Å². The van der Waals surface area contributed by atoms with Gasteiger partial charge in [0.1, 0.15) is 0 Å². The van der Waals surface area contributed by atoms with Gasteiger partial charge in [-0.2, -0.15) is 8.42 Å². The third-order valence-electron chi connectivity index (χ3n) is 8.73. The molecule has 0 unspecified atom stereocenters. The second-order valence-electron chi connectivity index (χ2n) is 11.7. The van der Waals surface area contributed by atoms with Crippen LogP contribution in [0.25, 0.3) is 0 Å². The molecule has 0 spiro atoms. The molecule has 9 heteroatoms. The largest absolute Gasteiger partial charge is 0.481 e. The highest BCUT2D eigenvalue weighted by molar-refractivity contribution is 7.85. The molecular formula is C30H42N2O6S. The number of hydrogen-bond donors (Lipinski definition) is 3. The maximum absolute atomic E-state index is 11.7. The Morgan fingerprint density at radius 3 is 2.21 bits per heavy atom. The lowest BCUT2D eigenvalue weighted by molar-refractivity contribution is -0.157. The number of rotatable bonds is 10. The van der Waals surface area contributed by atoms with Gasteiger partial charge in [-0.25, -0.2) is 0 Å². The van der Waals surface area contributed by atoms with Crippen LogP contribution in [0.15, 0.2) is 59.5 Å². The SMILES string of the molecule is COCC1(CN[C@@H]2C[C@H]2c2ccccc2)CCN(CC2(C(=O)O)CCC2)CC1.Cc1ccc(S(=O)(=O)O)cc1. The van der Waals surface area contributed by atoms with E-state index in [0.717, 1.165) is 70.5 Å². The van der Waals surface area contributed by atoms with Crippen molar-refractivity contribution in [2.45, 2.75) is 62.3 Å². The zero-order valence-corrected chi connectivity index (χ0v) is 23.8. The number of ether oxygens (including phenoxy) is 1. The lowest BCUT2D eigenvalue weighted by atomic mass is 9.68. The van der Waals surface area contributed by atoms with E-state index in [1.165, 1.54) is 24.1 Å². The Morgan fingerprint density at radius 2 is 1.69 bits per heavy atom. The summed E-state index contributed by atoms with van der Waals surface area (Å²) in [5.41, 5.74) is 2.09. The molecule has 8 nitrogen and oxygen atoms in total. The van der Waals surface area contributed by atoms with E-state index >= 15 is 0 Å². The van der Waals surface area contributed by atoms with Crippen molar-refractivity contribution in [3.63, 3.8) is 0 Å². The van der Waals surface area contributed by atoms with Crippen molar-refractivity contribution in [1.82, 2.24) is 10.2 Å². The second kappa shape index (κ2) is 12.5. The van der Waals surface area contributed by atoms with Crippen LogP contribution in [0.4, 0.5) is 0 Å². The highest BCUT2D eigenvalue weighted by Crippen LogP contribution is 2.44. The molecule has 0 amide bonds. The summed E-state index contributed by atoms with van der Waals surface area (Å²) in [5, 5.41) is 13.4. The van der Waals surface area contributed by atoms with Crippen molar-refractivity contribution in [1.29, 1.82) is 0 Å². The number of piperidine rings is 1. The molecule has 0 bridgehead atoms. The molecule has 2 saturated carbocycles. The van der Waals surface area contributed by atoms with Gasteiger partial charge in [-0.1, -0.05) is 54.4 Å². The summed E-state index contributed by atoms with van der Waals surface area (Å²) in [7, 11) is -2.22. The quantitative estimate of drug-likeness (QED) is 0.369. The average Bonchev–Trinajstić information content (AvgIpc) is 3.67. The number of nitrogens with zero attached hydrogens (tertiary/aromatic N) is 1. The van der Waals surface area contributed by atoms with Crippen LogP contribution in [0.5, 0.6) is 0 Å². The van der Waals surface area contributed by atoms with E-state index in [-0.39, 0.29) is 10.3 Å². The number of carbonyl (C=O) groups is 1. The molecule has 3 aliphatic rings. The zero-order chi connectivity index (χ0) is 28.1. The molecule has 1 heterocycles. The van der Waals surface area contributed by atoms with Crippen LogP contribution in [0, 0.1) is 17.8 Å². The first kappa shape index (κ1) is 29.7. The predicted molar refractivity (Wildman–Crippen MR) is 150 cm³/mol. The molecule has 3 fully saturated rings. The van der Waals surface area contributed by atoms with Crippen molar-refractivity contribution in [3.8, 4) is 0 Å². The fourth-order valence-corrected chi connectivity index (χ4v) is 6.36. The molecule has 2 aromatic rings. The standard InChI is InChI=1S/C23H34N2O3.C7H8O3S/c1-28-17-22(15-24-20-14-19(20)18-6-3-2-4-7-18)10-12-25(13-11-22)16-23(21(26)27)8-5-9-23;1-6-2-4-7(5-3-6)11(8,9)10/h2-4,6-7,19-20,24H,5,8-17H2,1H3,(H,26,27);2-5H,1H3,(H,8,9,10)/t19-,20+;/m0./s1. The molecule has 39 heavy (non-hydrogen) atoms. The Balaban J connectivity index is 0.000000270. The summed E-state index contributed by atoms with van der Waals surface area (Å²) in [6.45, 7) is 6.29. The van der Waals surface area contributed by atoms with Gasteiger partial charge < -0.3 is 20.1 Å². The van der Waals surface area contributed by atoms with Gasteiger partial charge in [-0.3, -0.25) is 9.35 Å². The molecule has 214 valence electrons.